The molecule has 1 heterocycles. The zero-order valence-electron chi connectivity index (χ0n) is 16.8. The second-order valence-corrected chi connectivity index (χ2v) is 8.99. The molecular weight excluding hydrogens is 388 g/mol. The zero-order chi connectivity index (χ0) is 20.9. The standard InChI is InChI=1S/C22H26N2O4S/c1-18(25)20-8-9-22(28-2)21(16-20)17-23-11-13-24(14-12-23)29(26,27)15-10-19-6-4-3-5-7-19/h3-10,15-16H,11-14,17H2,1-2H3/p+1/b15-10+. The first kappa shape index (κ1) is 21.2. The molecule has 0 atom stereocenters. The van der Waals surface area contributed by atoms with E-state index in [0.29, 0.717) is 38.3 Å². The highest BCUT2D eigenvalue weighted by atomic mass is 32.2. The van der Waals surface area contributed by atoms with Crippen LogP contribution >= 0.6 is 0 Å². The molecule has 0 amide bonds. The van der Waals surface area contributed by atoms with Crippen LogP contribution in [0.25, 0.3) is 6.08 Å². The van der Waals surface area contributed by atoms with E-state index in [0.717, 1.165) is 16.9 Å². The van der Waals surface area contributed by atoms with Crippen LogP contribution in [-0.4, -0.2) is 51.8 Å². The molecular formula is C22H27N2O4S+. The number of ketones is 1. The van der Waals surface area contributed by atoms with Crippen molar-refractivity contribution in [1.29, 1.82) is 0 Å². The SMILES string of the molecule is COc1ccc(C(C)=O)cc1C[NH+]1CCN(S(=O)(=O)/C=C/c2ccccc2)CC1. The van der Waals surface area contributed by atoms with E-state index in [-0.39, 0.29) is 5.78 Å². The van der Waals surface area contributed by atoms with Crippen molar-refractivity contribution >= 4 is 21.9 Å². The van der Waals surface area contributed by atoms with Crippen molar-refractivity contribution in [2.24, 2.45) is 0 Å². The summed E-state index contributed by atoms with van der Waals surface area (Å²) in [5.74, 6) is 0.772. The van der Waals surface area contributed by atoms with Gasteiger partial charge < -0.3 is 9.64 Å². The summed E-state index contributed by atoms with van der Waals surface area (Å²) >= 11 is 0. The van der Waals surface area contributed by atoms with Crippen LogP contribution < -0.4 is 9.64 Å². The summed E-state index contributed by atoms with van der Waals surface area (Å²) in [6.45, 7) is 4.57. The summed E-state index contributed by atoms with van der Waals surface area (Å²) in [5.41, 5.74) is 2.49. The normalized spacial score (nSPS) is 16.2. The van der Waals surface area contributed by atoms with Gasteiger partial charge in [-0.25, -0.2) is 8.42 Å². The largest absolute Gasteiger partial charge is 0.496 e. The summed E-state index contributed by atoms with van der Waals surface area (Å²) in [6, 6.07) is 14.9. The second-order valence-electron chi connectivity index (χ2n) is 7.17. The molecule has 1 aliphatic rings. The first-order valence-electron chi connectivity index (χ1n) is 9.64. The molecule has 2 aromatic rings. The van der Waals surface area contributed by atoms with E-state index in [1.807, 2.05) is 42.5 Å². The van der Waals surface area contributed by atoms with E-state index >= 15 is 0 Å². The van der Waals surface area contributed by atoms with Crippen molar-refractivity contribution < 1.29 is 22.8 Å². The van der Waals surface area contributed by atoms with Crippen LogP contribution in [0, 0.1) is 0 Å². The van der Waals surface area contributed by atoms with Crippen molar-refractivity contribution in [2.45, 2.75) is 13.5 Å². The molecule has 7 heteroatoms. The number of piperazine rings is 1. The number of quaternary nitrogens is 1. The molecule has 154 valence electrons. The minimum absolute atomic E-state index is 0.0185. The van der Waals surface area contributed by atoms with E-state index in [1.165, 1.54) is 14.6 Å². The first-order valence-corrected chi connectivity index (χ1v) is 11.1. The summed E-state index contributed by atoms with van der Waals surface area (Å²) < 4.78 is 32.2. The second kappa shape index (κ2) is 9.35. The number of rotatable bonds is 7. The maximum atomic E-state index is 12.6. The van der Waals surface area contributed by atoms with Gasteiger partial charge in [-0.15, -0.1) is 0 Å². The van der Waals surface area contributed by atoms with E-state index in [9.17, 15) is 13.2 Å². The molecule has 1 saturated heterocycles. The van der Waals surface area contributed by atoms with Crippen molar-refractivity contribution in [3.05, 3.63) is 70.6 Å². The Morgan fingerprint density at radius 2 is 1.83 bits per heavy atom. The Bertz CT molecular complexity index is 979. The Hall–Kier alpha value is -2.48. The average molecular weight is 416 g/mol. The molecule has 0 unspecified atom stereocenters. The van der Waals surface area contributed by atoms with E-state index in [1.54, 1.807) is 26.2 Å². The van der Waals surface area contributed by atoms with Gasteiger partial charge in [0.1, 0.15) is 12.3 Å². The van der Waals surface area contributed by atoms with Crippen molar-refractivity contribution in [2.75, 3.05) is 33.3 Å². The van der Waals surface area contributed by atoms with Crippen molar-refractivity contribution in [1.82, 2.24) is 4.31 Å². The quantitative estimate of drug-likeness (QED) is 0.698. The summed E-state index contributed by atoms with van der Waals surface area (Å²) in [7, 11) is -1.82. The number of sulfonamides is 1. The molecule has 0 saturated carbocycles. The van der Waals surface area contributed by atoms with E-state index in [2.05, 4.69) is 0 Å². The molecule has 0 bridgehead atoms. The lowest BCUT2D eigenvalue weighted by Crippen LogP contribution is -3.13. The topological polar surface area (TPSA) is 68.1 Å². The van der Waals surface area contributed by atoms with Crippen LogP contribution in [0.4, 0.5) is 0 Å². The first-order chi connectivity index (χ1) is 13.9. The predicted molar refractivity (Wildman–Crippen MR) is 113 cm³/mol. The molecule has 0 aliphatic carbocycles. The molecule has 1 aliphatic heterocycles. The van der Waals surface area contributed by atoms with E-state index in [4.69, 9.17) is 4.74 Å². The van der Waals surface area contributed by atoms with Crippen LogP contribution in [0.5, 0.6) is 5.75 Å². The summed E-state index contributed by atoms with van der Waals surface area (Å²) in [6.07, 6.45) is 1.63. The Labute approximate surface area is 172 Å². The number of nitrogens with one attached hydrogen (secondary N) is 1. The molecule has 29 heavy (non-hydrogen) atoms. The molecule has 1 N–H and O–H groups in total. The molecule has 0 radical (unpaired) electrons. The molecule has 0 spiro atoms. The maximum absolute atomic E-state index is 12.6. The highest BCUT2D eigenvalue weighted by Crippen LogP contribution is 2.19. The third kappa shape index (κ3) is 5.53. The number of methoxy groups -OCH3 is 1. The number of carbonyl (C=O) groups excluding carboxylic acids is 1. The number of hydrogen-bond acceptors (Lipinski definition) is 4. The molecule has 0 aromatic heterocycles. The van der Waals surface area contributed by atoms with Gasteiger partial charge in [0.05, 0.1) is 33.3 Å². The van der Waals surface area contributed by atoms with Gasteiger partial charge in [0.15, 0.2) is 5.78 Å². The van der Waals surface area contributed by atoms with Crippen molar-refractivity contribution in [3.63, 3.8) is 0 Å². The van der Waals surface area contributed by atoms with Gasteiger partial charge in [-0.2, -0.15) is 4.31 Å². The van der Waals surface area contributed by atoms with Gasteiger partial charge in [-0.1, -0.05) is 30.3 Å². The highest BCUT2D eigenvalue weighted by Gasteiger charge is 2.28. The Kier molecular flexibility index (Phi) is 6.84. The number of carbonyl (C=O) groups is 1. The minimum Gasteiger partial charge on any atom is -0.496 e. The van der Waals surface area contributed by atoms with Crippen LogP contribution in [-0.2, 0) is 16.6 Å². The van der Waals surface area contributed by atoms with Crippen LogP contribution in [0.2, 0.25) is 0 Å². The number of hydrogen-bond donors (Lipinski definition) is 1. The van der Waals surface area contributed by atoms with Gasteiger partial charge in [-0.05, 0) is 36.8 Å². The smallest absolute Gasteiger partial charge is 0.236 e. The van der Waals surface area contributed by atoms with Gasteiger partial charge >= 0.3 is 0 Å². The molecule has 6 nitrogen and oxygen atoms in total. The van der Waals surface area contributed by atoms with Crippen LogP contribution in [0.3, 0.4) is 0 Å². The fourth-order valence-corrected chi connectivity index (χ4v) is 4.65. The predicted octanol–water partition coefficient (Wildman–Crippen LogP) is 1.60. The lowest BCUT2D eigenvalue weighted by atomic mass is 10.1. The maximum Gasteiger partial charge on any atom is 0.236 e. The average Bonchev–Trinajstić information content (AvgIpc) is 2.73. The summed E-state index contributed by atoms with van der Waals surface area (Å²) in [5, 5.41) is 1.28. The molecule has 2 aromatic carbocycles. The Morgan fingerprint density at radius 3 is 2.45 bits per heavy atom. The van der Waals surface area contributed by atoms with Gasteiger partial charge in [0, 0.05) is 16.5 Å². The summed E-state index contributed by atoms with van der Waals surface area (Å²) in [4.78, 5) is 12.9. The van der Waals surface area contributed by atoms with E-state index < -0.39 is 10.0 Å². The highest BCUT2D eigenvalue weighted by molar-refractivity contribution is 7.92. The van der Waals surface area contributed by atoms with Gasteiger partial charge in [0.25, 0.3) is 0 Å². The van der Waals surface area contributed by atoms with Gasteiger partial charge in [0.2, 0.25) is 10.0 Å². The zero-order valence-corrected chi connectivity index (χ0v) is 17.6. The fraction of sp³-hybridized carbons (Fsp3) is 0.318. The third-order valence-electron chi connectivity index (χ3n) is 5.15. The molecule has 1 fully saturated rings. The Morgan fingerprint density at radius 1 is 1.14 bits per heavy atom. The van der Waals surface area contributed by atoms with Crippen molar-refractivity contribution in [3.8, 4) is 5.75 Å². The minimum atomic E-state index is -3.44. The van der Waals surface area contributed by atoms with Gasteiger partial charge in [-0.3, -0.25) is 4.79 Å². The number of ether oxygens (including phenoxy) is 1. The number of Topliss-reactive ketones (excluding diaryl/α,β-unsaturated/α-hetero) is 1. The monoisotopic (exact) mass is 415 g/mol. The van der Waals surface area contributed by atoms with Crippen LogP contribution in [0.15, 0.2) is 53.9 Å². The van der Waals surface area contributed by atoms with Crippen LogP contribution in [0.1, 0.15) is 28.4 Å². The Balaban J connectivity index is 1.63. The lowest BCUT2D eigenvalue weighted by molar-refractivity contribution is -0.917. The molecule has 3 rings (SSSR count). The number of benzene rings is 2. The number of nitrogens with zero attached hydrogens (tertiary/aromatic N) is 1. The fourth-order valence-electron chi connectivity index (χ4n) is 3.45. The lowest BCUT2D eigenvalue weighted by Gasteiger charge is -2.31. The third-order valence-corrected chi connectivity index (χ3v) is 6.71.